The van der Waals surface area contributed by atoms with Crippen LogP contribution in [0.3, 0.4) is 0 Å². The Balaban J connectivity index is 1.62. The molecule has 0 bridgehead atoms. The highest BCUT2D eigenvalue weighted by Gasteiger charge is 2.23. The second-order valence-corrected chi connectivity index (χ2v) is 6.12. The van der Waals surface area contributed by atoms with E-state index in [0.717, 1.165) is 45.1 Å². The Morgan fingerprint density at radius 1 is 1.23 bits per heavy atom. The lowest BCUT2D eigenvalue weighted by molar-refractivity contribution is -0.149. The minimum Gasteiger partial charge on any atom is -0.464 e. The molecule has 0 radical (unpaired) electrons. The van der Waals surface area contributed by atoms with Crippen LogP contribution in [0.1, 0.15) is 51.4 Å². The fourth-order valence-corrected chi connectivity index (χ4v) is 3.02. The molecule has 2 fully saturated rings. The molecule has 1 unspecified atom stereocenters. The summed E-state index contributed by atoms with van der Waals surface area (Å²) >= 11 is 0. The molecule has 2 rings (SSSR count). The average molecular weight is 310 g/mol. The third-order valence-corrected chi connectivity index (χ3v) is 4.36. The molecule has 1 atom stereocenters. The first-order valence-corrected chi connectivity index (χ1v) is 8.38. The summed E-state index contributed by atoms with van der Waals surface area (Å²) in [6, 6.07) is 0. The molecule has 2 saturated heterocycles. The number of carbonyl (C=O) groups excluding carboxylic acids is 3. The van der Waals surface area contributed by atoms with Gasteiger partial charge in [-0.2, -0.15) is 0 Å². The molecule has 22 heavy (non-hydrogen) atoms. The zero-order valence-corrected chi connectivity index (χ0v) is 13.1. The zero-order valence-electron chi connectivity index (χ0n) is 13.1. The van der Waals surface area contributed by atoms with E-state index < -0.39 is 0 Å². The maximum absolute atomic E-state index is 11.9. The van der Waals surface area contributed by atoms with Crippen molar-refractivity contribution in [2.24, 2.45) is 5.92 Å². The van der Waals surface area contributed by atoms with E-state index in [1.165, 1.54) is 0 Å². The Bertz CT molecular complexity index is 411. The molecule has 0 aromatic rings. The van der Waals surface area contributed by atoms with Crippen molar-refractivity contribution in [3.05, 3.63) is 0 Å². The van der Waals surface area contributed by atoms with Crippen molar-refractivity contribution in [1.29, 1.82) is 0 Å². The highest BCUT2D eigenvalue weighted by atomic mass is 16.5. The molecular formula is C16H26N2O4. The van der Waals surface area contributed by atoms with Gasteiger partial charge >= 0.3 is 5.97 Å². The van der Waals surface area contributed by atoms with E-state index in [2.05, 4.69) is 5.32 Å². The number of carbonyl (C=O) groups is 3. The van der Waals surface area contributed by atoms with E-state index in [-0.39, 0.29) is 30.2 Å². The smallest absolute Gasteiger partial charge is 0.325 e. The summed E-state index contributed by atoms with van der Waals surface area (Å²) < 4.78 is 5.20. The van der Waals surface area contributed by atoms with Gasteiger partial charge in [-0.1, -0.05) is 12.8 Å². The highest BCUT2D eigenvalue weighted by molar-refractivity contribution is 5.82. The Morgan fingerprint density at radius 3 is 2.82 bits per heavy atom. The van der Waals surface area contributed by atoms with Crippen LogP contribution in [0, 0.1) is 5.92 Å². The van der Waals surface area contributed by atoms with Crippen LogP contribution in [0.5, 0.6) is 0 Å². The topological polar surface area (TPSA) is 75.7 Å². The molecule has 2 amide bonds. The Labute approximate surface area is 131 Å². The van der Waals surface area contributed by atoms with Gasteiger partial charge in [-0.3, -0.25) is 14.4 Å². The minimum atomic E-state index is -0.343. The van der Waals surface area contributed by atoms with Crippen LogP contribution in [0.25, 0.3) is 0 Å². The number of esters is 1. The first-order chi connectivity index (χ1) is 10.7. The van der Waals surface area contributed by atoms with Crippen LogP contribution in [-0.2, 0) is 19.1 Å². The summed E-state index contributed by atoms with van der Waals surface area (Å²) in [6.45, 7) is 1.78. The predicted molar refractivity (Wildman–Crippen MR) is 81.0 cm³/mol. The molecule has 0 spiro atoms. The minimum absolute atomic E-state index is 0.0549. The van der Waals surface area contributed by atoms with Crippen molar-refractivity contribution in [2.75, 3.05) is 26.2 Å². The molecular weight excluding hydrogens is 284 g/mol. The molecule has 124 valence electrons. The van der Waals surface area contributed by atoms with E-state index in [1.807, 2.05) is 0 Å². The van der Waals surface area contributed by atoms with Crippen molar-refractivity contribution in [1.82, 2.24) is 10.2 Å². The predicted octanol–water partition coefficient (Wildman–Crippen LogP) is 1.24. The van der Waals surface area contributed by atoms with E-state index in [1.54, 1.807) is 4.90 Å². The van der Waals surface area contributed by atoms with Crippen LogP contribution in [0.2, 0.25) is 0 Å². The van der Waals surface area contributed by atoms with Gasteiger partial charge in [0, 0.05) is 25.4 Å². The van der Waals surface area contributed by atoms with Gasteiger partial charge in [-0.05, 0) is 32.1 Å². The standard InChI is InChI=1S/C16H26N2O4/c19-14-7-3-1-2-4-10-18(14)12-15(20)22-11-5-6-13-8-9-17-16(13)21/h13H,1-12H2,(H,17,21). The Hall–Kier alpha value is -1.59. The lowest BCUT2D eigenvalue weighted by atomic mass is 10.0. The van der Waals surface area contributed by atoms with Gasteiger partial charge in [0.05, 0.1) is 6.61 Å². The second kappa shape index (κ2) is 8.76. The molecule has 0 saturated carbocycles. The lowest BCUT2D eigenvalue weighted by Gasteiger charge is -2.23. The number of amides is 2. The number of ether oxygens (including phenoxy) is 1. The van der Waals surface area contributed by atoms with Crippen molar-refractivity contribution >= 4 is 17.8 Å². The van der Waals surface area contributed by atoms with E-state index in [4.69, 9.17) is 4.74 Å². The molecule has 2 heterocycles. The average Bonchev–Trinajstić information content (AvgIpc) is 2.89. The number of nitrogens with one attached hydrogen (secondary N) is 1. The van der Waals surface area contributed by atoms with Crippen LogP contribution in [0.4, 0.5) is 0 Å². The van der Waals surface area contributed by atoms with Gasteiger partial charge in [-0.15, -0.1) is 0 Å². The van der Waals surface area contributed by atoms with Gasteiger partial charge in [-0.25, -0.2) is 0 Å². The molecule has 6 nitrogen and oxygen atoms in total. The number of nitrogens with zero attached hydrogens (tertiary/aromatic N) is 1. The van der Waals surface area contributed by atoms with E-state index in [9.17, 15) is 14.4 Å². The largest absolute Gasteiger partial charge is 0.464 e. The molecule has 2 aliphatic heterocycles. The Kier molecular flexibility index (Phi) is 6.68. The van der Waals surface area contributed by atoms with E-state index >= 15 is 0 Å². The van der Waals surface area contributed by atoms with Gasteiger partial charge < -0.3 is 15.0 Å². The monoisotopic (exact) mass is 310 g/mol. The van der Waals surface area contributed by atoms with Gasteiger partial charge in [0.25, 0.3) is 0 Å². The molecule has 1 N–H and O–H groups in total. The maximum atomic E-state index is 11.9. The van der Waals surface area contributed by atoms with Crippen LogP contribution in [-0.4, -0.2) is 48.9 Å². The summed E-state index contributed by atoms with van der Waals surface area (Å²) in [5.41, 5.74) is 0. The zero-order chi connectivity index (χ0) is 15.8. The maximum Gasteiger partial charge on any atom is 0.325 e. The van der Waals surface area contributed by atoms with Gasteiger partial charge in [0.2, 0.25) is 11.8 Å². The third-order valence-electron chi connectivity index (χ3n) is 4.36. The molecule has 0 aromatic heterocycles. The van der Waals surface area contributed by atoms with E-state index in [0.29, 0.717) is 26.0 Å². The Morgan fingerprint density at radius 2 is 2.05 bits per heavy atom. The third kappa shape index (κ3) is 5.31. The number of hydrogen-bond acceptors (Lipinski definition) is 4. The fraction of sp³-hybridized carbons (Fsp3) is 0.812. The number of hydrogen-bond donors (Lipinski definition) is 1. The lowest BCUT2D eigenvalue weighted by Crippen LogP contribution is -2.37. The summed E-state index contributed by atoms with van der Waals surface area (Å²) in [6.07, 6.45) is 6.92. The first-order valence-electron chi connectivity index (χ1n) is 8.38. The molecule has 0 aromatic carbocycles. The molecule has 2 aliphatic rings. The number of rotatable bonds is 6. The summed E-state index contributed by atoms with van der Waals surface area (Å²) in [5, 5.41) is 2.80. The highest BCUT2D eigenvalue weighted by Crippen LogP contribution is 2.16. The normalized spacial score (nSPS) is 22.9. The quantitative estimate of drug-likeness (QED) is 0.591. The second-order valence-electron chi connectivity index (χ2n) is 6.12. The summed E-state index contributed by atoms with van der Waals surface area (Å²) in [5.74, 6) is -0.115. The van der Waals surface area contributed by atoms with Crippen molar-refractivity contribution in [3.8, 4) is 0 Å². The molecule has 0 aliphatic carbocycles. The van der Waals surface area contributed by atoms with Crippen LogP contribution >= 0.6 is 0 Å². The first kappa shape index (κ1) is 16.8. The van der Waals surface area contributed by atoms with Gasteiger partial charge in [0.1, 0.15) is 6.54 Å². The van der Waals surface area contributed by atoms with Crippen molar-refractivity contribution in [2.45, 2.75) is 51.4 Å². The number of likely N-dealkylation sites (tertiary alicyclic amines) is 1. The van der Waals surface area contributed by atoms with Crippen LogP contribution < -0.4 is 5.32 Å². The van der Waals surface area contributed by atoms with Crippen molar-refractivity contribution < 1.29 is 19.1 Å². The summed E-state index contributed by atoms with van der Waals surface area (Å²) in [7, 11) is 0. The van der Waals surface area contributed by atoms with Crippen molar-refractivity contribution in [3.63, 3.8) is 0 Å². The molecule has 6 heteroatoms. The van der Waals surface area contributed by atoms with Crippen LogP contribution in [0.15, 0.2) is 0 Å². The fourth-order valence-electron chi connectivity index (χ4n) is 3.02. The summed E-state index contributed by atoms with van der Waals surface area (Å²) in [4.78, 5) is 36.8. The van der Waals surface area contributed by atoms with Gasteiger partial charge in [0.15, 0.2) is 0 Å². The SMILES string of the molecule is O=C(CN1CCCCCCC1=O)OCCCC1CCNC1=O.